The summed E-state index contributed by atoms with van der Waals surface area (Å²) < 4.78 is 27.3. The Balaban J connectivity index is 1.26. The molecule has 0 saturated carbocycles. The Bertz CT molecular complexity index is 1120. The highest BCUT2D eigenvalue weighted by Crippen LogP contribution is 2.30. The lowest BCUT2D eigenvalue weighted by molar-refractivity contribution is 0.139. The first-order chi connectivity index (χ1) is 15.6. The molecule has 1 unspecified atom stereocenters. The number of urea groups is 1. The maximum atomic E-state index is 13.7. The Morgan fingerprint density at radius 2 is 1.84 bits per heavy atom. The fourth-order valence-corrected chi connectivity index (χ4v) is 4.03. The van der Waals surface area contributed by atoms with Crippen LogP contribution in [0.2, 0.25) is 0 Å². The molecule has 1 atom stereocenters. The number of piperazine rings is 1. The van der Waals surface area contributed by atoms with Gasteiger partial charge in [0.2, 0.25) is 5.95 Å². The van der Waals surface area contributed by atoms with Gasteiger partial charge in [-0.3, -0.25) is 0 Å². The van der Waals surface area contributed by atoms with Gasteiger partial charge in [0.1, 0.15) is 11.6 Å². The summed E-state index contributed by atoms with van der Waals surface area (Å²) in [7, 11) is 0. The maximum Gasteiger partial charge on any atom is 0.341 e. The molecule has 0 spiro atoms. The summed E-state index contributed by atoms with van der Waals surface area (Å²) in [6.45, 7) is 2.06. The molecular formula is C22H21F2N7O. The molecule has 2 aliphatic heterocycles. The predicted octanol–water partition coefficient (Wildman–Crippen LogP) is 3.42. The number of anilines is 1. The largest absolute Gasteiger partial charge is 0.360 e. The van der Waals surface area contributed by atoms with Crippen molar-refractivity contribution in [1.82, 2.24) is 24.9 Å². The summed E-state index contributed by atoms with van der Waals surface area (Å²) in [5.74, 6) is -0.736. The molecular weight excluding hydrogens is 416 g/mol. The van der Waals surface area contributed by atoms with Crippen molar-refractivity contribution in [2.75, 3.05) is 31.1 Å². The summed E-state index contributed by atoms with van der Waals surface area (Å²) in [6, 6.07) is 8.20. The van der Waals surface area contributed by atoms with Crippen LogP contribution in [0.1, 0.15) is 18.0 Å². The molecule has 5 rings (SSSR count). The summed E-state index contributed by atoms with van der Waals surface area (Å²) >= 11 is 0. The molecule has 8 nitrogen and oxygen atoms in total. The van der Waals surface area contributed by atoms with Crippen LogP contribution in [-0.4, -0.2) is 63.3 Å². The smallest absolute Gasteiger partial charge is 0.341 e. The minimum absolute atomic E-state index is 0.283. The van der Waals surface area contributed by atoms with Gasteiger partial charge in [0, 0.05) is 57.3 Å². The van der Waals surface area contributed by atoms with Crippen molar-refractivity contribution in [1.29, 1.82) is 0 Å². The van der Waals surface area contributed by atoms with Gasteiger partial charge in [-0.25, -0.2) is 28.6 Å². The summed E-state index contributed by atoms with van der Waals surface area (Å²) in [5, 5.41) is 5.49. The molecule has 1 aromatic carbocycles. The molecule has 1 N–H and O–H groups in total. The summed E-state index contributed by atoms with van der Waals surface area (Å²) in [6.07, 6.45) is 5.57. The number of carbonyl (C=O) groups excluding carboxylic acids is 1. The molecule has 2 aromatic heterocycles. The van der Waals surface area contributed by atoms with Gasteiger partial charge < -0.3 is 14.8 Å². The van der Waals surface area contributed by atoms with Crippen LogP contribution >= 0.6 is 0 Å². The fourth-order valence-electron chi connectivity index (χ4n) is 4.03. The van der Waals surface area contributed by atoms with Crippen LogP contribution in [0.25, 0.3) is 11.4 Å². The van der Waals surface area contributed by atoms with Crippen LogP contribution < -0.4 is 4.90 Å². The van der Waals surface area contributed by atoms with Crippen LogP contribution in [0.15, 0.2) is 53.9 Å². The number of aromatic nitrogens is 3. The Morgan fingerprint density at radius 1 is 1.06 bits per heavy atom. The van der Waals surface area contributed by atoms with Crippen molar-refractivity contribution in [3.63, 3.8) is 0 Å². The lowest BCUT2D eigenvalue weighted by Gasteiger charge is -2.37. The number of nitrogens with one attached hydrogen (secondary N) is 1. The van der Waals surface area contributed by atoms with Gasteiger partial charge >= 0.3 is 6.03 Å². The number of H-pyrrole nitrogens is 1. The lowest BCUT2D eigenvalue weighted by Crippen LogP contribution is -2.52. The van der Waals surface area contributed by atoms with Crippen molar-refractivity contribution >= 4 is 18.2 Å². The summed E-state index contributed by atoms with van der Waals surface area (Å²) in [4.78, 5) is 29.0. The molecule has 2 amide bonds. The Morgan fingerprint density at radius 3 is 2.56 bits per heavy atom. The number of rotatable bonds is 3. The predicted molar refractivity (Wildman–Crippen MR) is 115 cm³/mol. The van der Waals surface area contributed by atoms with E-state index in [1.165, 1.54) is 17.1 Å². The van der Waals surface area contributed by atoms with E-state index in [9.17, 15) is 13.6 Å². The van der Waals surface area contributed by atoms with Crippen LogP contribution in [0.4, 0.5) is 19.5 Å². The number of hydrazone groups is 1. The Hall–Kier alpha value is -3.82. The number of hydrogen-bond acceptors (Lipinski definition) is 5. The lowest BCUT2D eigenvalue weighted by atomic mass is 10.0. The van der Waals surface area contributed by atoms with E-state index in [0.29, 0.717) is 44.1 Å². The van der Waals surface area contributed by atoms with Crippen LogP contribution in [0.5, 0.6) is 0 Å². The second kappa shape index (κ2) is 8.37. The van der Waals surface area contributed by atoms with E-state index in [4.69, 9.17) is 0 Å². The zero-order valence-corrected chi connectivity index (χ0v) is 17.2. The van der Waals surface area contributed by atoms with Crippen molar-refractivity contribution in [3.05, 3.63) is 66.0 Å². The van der Waals surface area contributed by atoms with Gasteiger partial charge in [0.05, 0.1) is 17.4 Å². The number of amides is 2. The molecule has 1 fully saturated rings. The summed E-state index contributed by atoms with van der Waals surface area (Å²) in [5.41, 5.74) is 2.10. The Labute approximate surface area is 183 Å². The molecule has 32 heavy (non-hydrogen) atoms. The van der Waals surface area contributed by atoms with Gasteiger partial charge in [-0.1, -0.05) is 0 Å². The normalized spacial score (nSPS) is 18.4. The van der Waals surface area contributed by atoms with Gasteiger partial charge in [0.15, 0.2) is 0 Å². The number of carbonyl (C=O) groups is 1. The zero-order valence-electron chi connectivity index (χ0n) is 17.2. The molecule has 164 valence electrons. The van der Waals surface area contributed by atoms with E-state index in [1.54, 1.807) is 17.3 Å². The zero-order chi connectivity index (χ0) is 22.1. The maximum absolute atomic E-state index is 13.7. The highest BCUT2D eigenvalue weighted by molar-refractivity contribution is 5.78. The van der Waals surface area contributed by atoms with Gasteiger partial charge in [0.25, 0.3) is 0 Å². The van der Waals surface area contributed by atoms with Gasteiger partial charge in [-0.05, 0) is 35.9 Å². The highest BCUT2D eigenvalue weighted by atomic mass is 19.1. The van der Waals surface area contributed by atoms with Crippen molar-refractivity contribution in [2.45, 2.75) is 12.5 Å². The van der Waals surface area contributed by atoms with E-state index in [1.807, 2.05) is 29.3 Å². The number of halogens is 2. The standard InChI is InChI=1S/C22H21F2N7O/c23-16-12-15(13-17(24)14-16)20-4-7-27-31(20)22(32)30-10-8-29(9-11-30)21-26-6-3-19(28-21)18-2-1-5-25-18/h1-3,5-7,12-14,20,25H,4,8-11H2. The number of aromatic amines is 1. The van der Waals surface area contributed by atoms with Crippen LogP contribution in [-0.2, 0) is 0 Å². The molecule has 4 heterocycles. The van der Waals surface area contributed by atoms with Gasteiger partial charge in [-0.2, -0.15) is 5.10 Å². The minimum atomic E-state index is -0.672. The average Bonchev–Trinajstić information content (AvgIpc) is 3.51. The van der Waals surface area contributed by atoms with Crippen molar-refractivity contribution in [3.8, 4) is 11.4 Å². The molecule has 3 aromatic rings. The molecule has 0 aliphatic carbocycles. The first kappa shape index (κ1) is 20.1. The number of nitrogens with zero attached hydrogens (tertiary/aromatic N) is 6. The molecule has 0 bridgehead atoms. The SMILES string of the molecule is O=C(N1CCN(c2nccc(-c3ccc[nH]3)n2)CC1)N1N=CCC1c1cc(F)cc(F)c1. The number of hydrogen-bond donors (Lipinski definition) is 1. The quantitative estimate of drug-likeness (QED) is 0.681. The average molecular weight is 437 g/mol. The monoisotopic (exact) mass is 437 g/mol. The highest BCUT2D eigenvalue weighted by Gasteiger charge is 2.33. The third kappa shape index (κ3) is 3.91. The van der Waals surface area contributed by atoms with Crippen LogP contribution in [0.3, 0.4) is 0 Å². The van der Waals surface area contributed by atoms with E-state index < -0.39 is 17.7 Å². The third-order valence-electron chi connectivity index (χ3n) is 5.65. The molecule has 1 saturated heterocycles. The fraction of sp³-hybridized carbons (Fsp3) is 0.273. The minimum Gasteiger partial charge on any atom is -0.360 e. The first-order valence-corrected chi connectivity index (χ1v) is 10.4. The molecule has 2 aliphatic rings. The van der Waals surface area contributed by atoms with Crippen LogP contribution in [0, 0.1) is 11.6 Å². The first-order valence-electron chi connectivity index (χ1n) is 10.4. The second-order valence-electron chi connectivity index (χ2n) is 7.68. The van der Waals surface area contributed by atoms with E-state index >= 15 is 0 Å². The van der Waals surface area contributed by atoms with Crippen molar-refractivity contribution < 1.29 is 13.6 Å². The molecule has 0 radical (unpaired) electrons. The molecule has 10 heteroatoms. The number of benzene rings is 1. The van der Waals surface area contributed by atoms with Crippen molar-refractivity contribution in [2.24, 2.45) is 5.10 Å². The third-order valence-corrected chi connectivity index (χ3v) is 5.65. The second-order valence-corrected chi connectivity index (χ2v) is 7.68. The van der Waals surface area contributed by atoms with E-state index in [0.717, 1.165) is 17.5 Å². The van der Waals surface area contributed by atoms with E-state index in [2.05, 4.69) is 20.1 Å². The topological polar surface area (TPSA) is 80.7 Å². The van der Waals surface area contributed by atoms with Gasteiger partial charge in [-0.15, -0.1) is 0 Å². The van der Waals surface area contributed by atoms with E-state index in [-0.39, 0.29) is 6.03 Å². The Kier molecular flexibility index (Phi) is 5.26.